The molecule has 0 saturated heterocycles. The molecule has 0 saturated carbocycles. The van der Waals surface area contributed by atoms with E-state index in [4.69, 9.17) is 9.76 Å². The predicted molar refractivity (Wildman–Crippen MR) is 93.5 cm³/mol. The van der Waals surface area contributed by atoms with Crippen molar-refractivity contribution >= 4 is 39.9 Å². The van der Waals surface area contributed by atoms with Gasteiger partial charge in [0.15, 0.2) is 0 Å². The van der Waals surface area contributed by atoms with Gasteiger partial charge in [-0.05, 0) is 35.3 Å². The van der Waals surface area contributed by atoms with Gasteiger partial charge < -0.3 is 25.2 Å². The average molecular weight is 378 g/mol. The summed E-state index contributed by atoms with van der Waals surface area (Å²) in [6, 6.07) is 7.94. The van der Waals surface area contributed by atoms with Gasteiger partial charge in [0.25, 0.3) is 10.0 Å². The second-order valence-corrected chi connectivity index (χ2v) is 7.22. The average Bonchev–Trinajstić information content (AvgIpc) is 2.95. The summed E-state index contributed by atoms with van der Waals surface area (Å²) in [6.45, 7) is -0.607. The molecule has 0 aromatic heterocycles. The second kappa shape index (κ2) is 6.96. The topological polar surface area (TPSA) is 145 Å². The van der Waals surface area contributed by atoms with E-state index in [-0.39, 0.29) is 28.6 Å². The first kappa shape index (κ1) is 18.2. The second-order valence-electron chi connectivity index (χ2n) is 5.57. The highest BCUT2D eigenvalue weighted by Gasteiger charge is 2.28. The Morgan fingerprint density at radius 3 is 2.73 bits per heavy atom. The number of anilines is 2. The van der Waals surface area contributed by atoms with Crippen LogP contribution in [0, 0.1) is 0 Å². The van der Waals surface area contributed by atoms with Crippen molar-refractivity contribution in [3.05, 3.63) is 42.0 Å². The summed E-state index contributed by atoms with van der Waals surface area (Å²) in [7, 11) is -5.25. The zero-order valence-electron chi connectivity index (χ0n) is 13.3. The normalized spacial score (nSPS) is 13.4. The van der Waals surface area contributed by atoms with Crippen LogP contribution in [0.2, 0.25) is 0 Å². The molecule has 136 valence electrons. The number of carbonyl (C=O) groups is 1. The monoisotopic (exact) mass is 378 g/mol. The smallest absolute Gasteiger partial charge is 0.491 e. The number of sulfonamides is 1. The minimum atomic E-state index is -4.13. The van der Waals surface area contributed by atoms with Crippen molar-refractivity contribution in [2.45, 2.75) is 11.5 Å². The van der Waals surface area contributed by atoms with E-state index in [2.05, 4.69) is 10.0 Å². The number of rotatable bonds is 5. The highest BCUT2D eigenvalue weighted by Crippen LogP contribution is 2.28. The zero-order valence-corrected chi connectivity index (χ0v) is 14.2. The standard InChI is InChI=1S/C15H15BN2O7S/c19-7-15(21)17-13-6-11(20)3-4-14(13)26(23,24)18-10-2-1-9-8-25-16(22)12(9)5-10/h1-6,18-20,22H,7-8H2,(H,17,21). The predicted octanol–water partition coefficient (Wildman–Crippen LogP) is -0.659. The van der Waals surface area contributed by atoms with Gasteiger partial charge in [-0.15, -0.1) is 0 Å². The molecular formula is C15H15BN2O7S. The van der Waals surface area contributed by atoms with Gasteiger partial charge in [0, 0.05) is 11.8 Å². The fraction of sp³-hybridized carbons (Fsp3) is 0.133. The minimum Gasteiger partial charge on any atom is -0.508 e. The molecule has 26 heavy (non-hydrogen) atoms. The largest absolute Gasteiger partial charge is 0.508 e. The maximum Gasteiger partial charge on any atom is 0.491 e. The Hall–Kier alpha value is -2.60. The lowest BCUT2D eigenvalue weighted by Crippen LogP contribution is -2.28. The van der Waals surface area contributed by atoms with Crippen LogP contribution in [0.25, 0.3) is 0 Å². The highest BCUT2D eigenvalue weighted by atomic mass is 32.2. The van der Waals surface area contributed by atoms with Crippen LogP contribution in [-0.2, 0) is 26.1 Å². The molecular weight excluding hydrogens is 363 g/mol. The summed E-state index contributed by atoms with van der Waals surface area (Å²) in [5, 5.41) is 30.3. The van der Waals surface area contributed by atoms with Crippen LogP contribution in [-0.4, -0.2) is 43.3 Å². The highest BCUT2D eigenvalue weighted by molar-refractivity contribution is 7.92. The molecule has 11 heteroatoms. The Kier molecular flexibility index (Phi) is 4.87. The number of fused-ring (bicyclic) bond motifs is 1. The summed E-state index contributed by atoms with van der Waals surface area (Å²) in [4.78, 5) is 11.1. The van der Waals surface area contributed by atoms with E-state index in [1.165, 1.54) is 12.1 Å². The van der Waals surface area contributed by atoms with Crippen molar-refractivity contribution in [1.82, 2.24) is 0 Å². The Balaban J connectivity index is 1.94. The van der Waals surface area contributed by atoms with Gasteiger partial charge in [0.05, 0.1) is 12.3 Å². The van der Waals surface area contributed by atoms with Crippen LogP contribution in [0.15, 0.2) is 41.3 Å². The lowest BCUT2D eigenvalue weighted by molar-refractivity contribution is -0.118. The molecule has 0 unspecified atom stereocenters. The molecule has 0 bridgehead atoms. The first-order chi connectivity index (χ1) is 12.3. The molecule has 9 nitrogen and oxygen atoms in total. The first-order valence-corrected chi connectivity index (χ1v) is 8.97. The van der Waals surface area contributed by atoms with Crippen molar-refractivity contribution in [3.8, 4) is 5.75 Å². The minimum absolute atomic E-state index is 0.180. The number of aliphatic hydroxyl groups excluding tert-OH is 1. The molecule has 1 aliphatic rings. The van der Waals surface area contributed by atoms with E-state index in [9.17, 15) is 23.3 Å². The number of carbonyl (C=O) groups excluding carboxylic acids is 1. The van der Waals surface area contributed by atoms with E-state index >= 15 is 0 Å². The molecule has 3 rings (SSSR count). The van der Waals surface area contributed by atoms with Crippen molar-refractivity contribution < 1.29 is 33.1 Å². The summed E-state index contributed by atoms with van der Waals surface area (Å²) >= 11 is 0. The summed E-state index contributed by atoms with van der Waals surface area (Å²) in [5.74, 6) is -1.08. The lowest BCUT2D eigenvalue weighted by Gasteiger charge is -2.14. The first-order valence-electron chi connectivity index (χ1n) is 7.49. The van der Waals surface area contributed by atoms with E-state index < -0.39 is 29.7 Å². The maximum atomic E-state index is 12.7. The van der Waals surface area contributed by atoms with Gasteiger partial charge in [0.1, 0.15) is 17.3 Å². The molecule has 1 amide bonds. The molecule has 2 aromatic carbocycles. The quantitative estimate of drug-likeness (QED) is 0.435. The molecule has 0 aliphatic carbocycles. The van der Waals surface area contributed by atoms with Crippen molar-refractivity contribution in [1.29, 1.82) is 0 Å². The Bertz CT molecular complexity index is 964. The third kappa shape index (κ3) is 3.65. The van der Waals surface area contributed by atoms with Crippen LogP contribution in [0.5, 0.6) is 5.75 Å². The lowest BCUT2D eigenvalue weighted by atomic mass is 9.79. The van der Waals surface area contributed by atoms with E-state index in [1.54, 1.807) is 6.07 Å². The van der Waals surface area contributed by atoms with E-state index in [0.717, 1.165) is 23.8 Å². The van der Waals surface area contributed by atoms with E-state index in [1.807, 2.05) is 0 Å². The van der Waals surface area contributed by atoms with Crippen LogP contribution in [0.4, 0.5) is 11.4 Å². The Morgan fingerprint density at radius 2 is 2.00 bits per heavy atom. The van der Waals surface area contributed by atoms with Crippen LogP contribution < -0.4 is 15.5 Å². The molecule has 5 N–H and O–H groups in total. The van der Waals surface area contributed by atoms with E-state index in [0.29, 0.717) is 5.46 Å². The van der Waals surface area contributed by atoms with Crippen LogP contribution >= 0.6 is 0 Å². The third-order valence-corrected chi connectivity index (χ3v) is 5.17. The fourth-order valence-corrected chi connectivity index (χ4v) is 3.72. The molecule has 1 aliphatic heterocycles. The van der Waals surface area contributed by atoms with Gasteiger partial charge >= 0.3 is 7.12 Å². The van der Waals surface area contributed by atoms with Gasteiger partial charge in [-0.3, -0.25) is 9.52 Å². The van der Waals surface area contributed by atoms with Crippen molar-refractivity contribution in [2.24, 2.45) is 0 Å². The number of amides is 1. The van der Waals surface area contributed by atoms with Gasteiger partial charge in [-0.2, -0.15) is 0 Å². The Morgan fingerprint density at radius 1 is 1.23 bits per heavy atom. The number of phenols is 1. The molecule has 1 heterocycles. The number of nitrogens with one attached hydrogen (secondary N) is 2. The Labute approximate surface area is 149 Å². The fourth-order valence-electron chi connectivity index (χ4n) is 2.53. The molecule has 0 spiro atoms. The number of aromatic hydroxyl groups is 1. The van der Waals surface area contributed by atoms with Gasteiger partial charge in [0.2, 0.25) is 5.91 Å². The van der Waals surface area contributed by atoms with Crippen molar-refractivity contribution in [2.75, 3.05) is 16.6 Å². The van der Waals surface area contributed by atoms with Gasteiger partial charge in [-0.1, -0.05) is 6.07 Å². The zero-order chi connectivity index (χ0) is 18.9. The number of phenolic OH excluding ortho intramolecular Hbond substituents is 1. The number of benzene rings is 2. The number of hydrogen-bond acceptors (Lipinski definition) is 7. The molecule has 0 atom stereocenters. The number of hydrogen-bond donors (Lipinski definition) is 5. The third-order valence-electron chi connectivity index (χ3n) is 3.73. The summed E-state index contributed by atoms with van der Waals surface area (Å²) in [6.07, 6.45) is 0. The molecule has 0 fully saturated rings. The summed E-state index contributed by atoms with van der Waals surface area (Å²) < 4.78 is 32.8. The number of aliphatic hydroxyl groups is 1. The van der Waals surface area contributed by atoms with Crippen LogP contribution in [0.3, 0.4) is 0 Å². The van der Waals surface area contributed by atoms with Crippen LogP contribution in [0.1, 0.15) is 5.56 Å². The SMILES string of the molecule is O=C(CO)Nc1cc(O)ccc1S(=O)(=O)Nc1ccc2c(c1)B(O)OC2. The van der Waals surface area contributed by atoms with Crippen molar-refractivity contribution in [3.63, 3.8) is 0 Å². The molecule has 2 aromatic rings. The maximum absolute atomic E-state index is 12.7. The summed E-state index contributed by atoms with van der Waals surface area (Å²) in [5.41, 5.74) is 1.23. The van der Waals surface area contributed by atoms with Gasteiger partial charge in [-0.25, -0.2) is 8.42 Å². The molecule has 0 radical (unpaired) electrons.